The maximum atomic E-state index is 13.0. The van der Waals surface area contributed by atoms with Crippen molar-refractivity contribution in [3.63, 3.8) is 0 Å². The molecule has 140 valence electrons. The molecule has 1 fully saturated rings. The summed E-state index contributed by atoms with van der Waals surface area (Å²) >= 11 is 1.43. The molecule has 1 aliphatic rings. The van der Waals surface area contributed by atoms with Gasteiger partial charge in [0.2, 0.25) is 10.0 Å². The van der Waals surface area contributed by atoms with Crippen molar-refractivity contribution in [2.45, 2.75) is 11.8 Å². The van der Waals surface area contributed by atoms with Crippen molar-refractivity contribution in [2.75, 3.05) is 39.3 Å². The number of hydrogen-bond donors (Lipinski definition) is 0. The molecule has 0 unspecified atom stereocenters. The molecule has 6 nitrogen and oxygen atoms in total. The van der Waals surface area contributed by atoms with Crippen molar-refractivity contribution in [3.8, 4) is 5.75 Å². The van der Waals surface area contributed by atoms with Gasteiger partial charge < -0.3 is 4.74 Å². The minimum absolute atomic E-state index is 0.0815. The lowest BCUT2D eigenvalue weighted by molar-refractivity contribution is 0.0905. The monoisotopic (exact) mass is 394 g/mol. The Labute approximate surface area is 158 Å². The summed E-state index contributed by atoms with van der Waals surface area (Å²) < 4.78 is 32.9. The second kappa shape index (κ2) is 8.30. The number of ether oxygens (including phenoxy) is 1. The minimum atomic E-state index is -3.61. The second-order valence-electron chi connectivity index (χ2n) is 5.96. The van der Waals surface area contributed by atoms with Crippen LogP contribution in [0.3, 0.4) is 0 Å². The minimum Gasteiger partial charge on any atom is -0.492 e. The van der Waals surface area contributed by atoms with Gasteiger partial charge in [0, 0.05) is 26.2 Å². The molecule has 0 spiro atoms. The van der Waals surface area contributed by atoms with E-state index in [2.05, 4.69) is 0 Å². The van der Waals surface area contributed by atoms with Crippen molar-refractivity contribution >= 4 is 27.1 Å². The molecule has 0 amide bonds. The van der Waals surface area contributed by atoms with Gasteiger partial charge in [-0.2, -0.15) is 4.31 Å². The van der Waals surface area contributed by atoms with E-state index in [9.17, 15) is 13.2 Å². The molecule has 0 N–H and O–H groups in total. The van der Waals surface area contributed by atoms with Gasteiger partial charge in [0.15, 0.2) is 5.78 Å². The summed E-state index contributed by atoms with van der Waals surface area (Å²) in [6, 6.07) is 10.4. The molecular formula is C18H22N2O4S2. The standard InChI is InChI=1S/C18H22N2O4S2/c1-2-24-16-6-3-4-8-18(16)26(22,23)20-11-9-19(10-12-20)14-15(21)17-7-5-13-25-17/h3-8,13H,2,9-12,14H2,1H3. The Morgan fingerprint density at radius 3 is 2.50 bits per heavy atom. The van der Waals surface area contributed by atoms with Gasteiger partial charge >= 0.3 is 0 Å². The lowest BCUT2D eigenvalue weighted by Gasteiger charge is -2.33. The highest BCUT2D eigenvalue weighted by Gasteiger charge is 2.31. The van der Waals surface area contributed by atoms with Gasteiger partial charge in [-0.15, -0.1) is 11.3 Å². The summed E-state index contributed by atoms with van der Waals surface area (Å²) in [5.74, 6) is 0.461. The fourth-order valence-electron chi connectivity index (χ4n) is 2.92. The Hall–Kier alpha value is -1.74. The Morgan fingerprint density at radius 2 is 1.85 bits per heavy atom. The third-order valence-electron chi connectivity index (χ3n) is 4.26. The highest BCUT2D eigenvalue weighted by molar-refractivity contribution is 7.89. The van der Waals surface area contributed by atoms with Gasteiger partial charge in [-0.25, -0.2) is 8.42 Å². The molecule has 1 saturated heterocycles. The number of para-hydroxylation sites is 1. The number of benzene rings is 1. The molecule has 0 atom stereocenters. The van der Waals surface area contributed by atoms with Crippen molar-refractivity contribution < 1.29 is 17.9 Å². The number of piperazine rings is 1. The molecule has 3 rings (SSSR count). The van der Waals surface area contributed by atoms with Crippen molar-refractivity contribution in [1.82, 2.24) is 9.21 Å². The third-order valence-corrected chi connectivity index (χ3v) is 7.11. The number of carbonyl (C=O) groups excluding carboxylic acids is 1. The van der Waals surface area contributed by atoms with Crippen LogP contribution in [0.15, 0.2) is 46.7 Å². The van der Waals surface area contributed by atoms with E-state index in [0.29, 0.717) is 45.1 Å². The normalized spacial score (nSPS) is 16.5. The summed E-state index contributed by atoms with van der Waals surface area (Å²) in [5, 5.41) is 1.88. The molecule has 0 saturated carbocycles. The van der Waals surface area contributed by atoms with Crippen molar-refractivity contribution in [2.24, 2.45) is 0 Å². The molecule has 8 heteroatoms. The highest BCUT2D eigenvalue weighted by atomic mass is 32.2. The average Bonchev–Trinajstić information content (AvgIpc) is 3.18. The van der Waals surface area contributed by atoms with E-state index in [1.165, 1.54) is 15.6 Å². The Morgan fingerprint density at radius 1 is 1.12 bits per heavy atom. The smallest absolute Gasteiger partial charge is 0.246 e. The second-order valence-corrected chi connectivity index (χ2v) is 8.81. The van der Waals surface area contributed by atoms with Crippen molar-refractivity contribution in [1.29, 1.82) is 0 Å². The van der Waals surface area contributed by atoms with Crippen molar-refractivity contribution in [3.05, 3.63) is 46.7 Å². The van der Waals surface area contributed by atoms with Crippen LogP contribution in [0.1, 0.15) is 16.6 Å². The van der Waals surface area contributed by atoms with Gasteiger partial charge in [-0.1, -0.05) is 18.2 Å². The first kappa shape index (κ1) is 19.0. The van der Waals surface area contributed by atoms with Crippen LogP contribution in [0.4, 0.5) is 0 Å². The molecule has 2 aromatic rings. The molecule has 0 aliphatic carbocycles. The molecule has 0 bridgehead atoms. The van der Waals surface area contributed by atoms with Crippen LogP contribution >= 0.6 is 11.3 Å². The predicted molar refractivity (Wildman–Crippen MR) is 101 cm³/mol. The molecule has 1 aromatic heterocycles. The van der Waals surface area contributed by atoms with Gasteiger partial charge in [-0.05, 0) is 30.5 Å². The van der Waals surface area contributed by atoms with Gasteiger partial charge in [0.05, 0.1) is 18.0 Å². The number of nitrogens with zero attached hydrogens (tertiary/aromatic N) is 2. The van der Waals surface area contributed by atoms with E-state index >= 15 is 0 Å². The zero-order valence-electron chi connectivity index (χ0n) is 14.6. The van der Waals surface area contributed by atoms with Crippen LogP contribution in [0.5, 0.6) is 5.75 Å². The van der Waals surface area contributed by atoms with Crippen LogP contribution in [0.2, 0.25) is 0 Å². The van der Waals surface area contributed by atoms with Crippen LogP contribution in [-0.2, 0) is 10.0 Å². The number of thiophene rings is 1. The fourth-order valence-corrected chi connectivity index (χ4v) is 5.13. The van der Waals surface area contributed by atoms with E-state index < -0.39 is 10.0 Å². The summed E-state index contributed by atoms with van der Waals surface area (Å²) in [6.07, 6.45) is 0. The van der Waals surface area contributed by atoms with Crippen LogP contribution in [0, 0.1) is 0 Å². The highest BCUT2D eigenvalue weighted by Crippen LogP contribution is 2.27. The van der Waals surface area contributed by atoms with Gasteiger partial charge in [0.1, 0.15) is 10.6 Å². The fraction of sp³-hybridized carbons (Fsp3) is 0.389. The number of sulfonamides is 1. The first-order valence-corrected chi connectivity index (χ1v) is 10.9. The van der Waals surface area contributed by atoms with E-state index in [-0.39, 0.29) is 10.7 Å². The summed E-state index contributed by atoms with van der Waals surface area (Å²) in [6.45, 7) is 4.35. The molecule has 1 aromatic carbocycles. The maximum absolute atomic E-state index is 13.0. The van der Waals surface area contributed by atoms with Crippen LogP contribution < -0.4 is 4.74 Å². The average molecular weight is 395 g/mol. The topological polar surface area (TPSA) is 66.9 Å². The van der Waals surface area contributed by atoms with E-state index in [4.69, 9.17) is 4.74 Å². The lowest BCUT2D eigenvalue weighted by Crippen LogP contribution is -2.49. The van der Waals surface area contributed by atoms with Crippen LogP contribution in [-0.4, -0.2) is 62.7 Å². The zero-order valence-corrected chi connectivity index (χ0v) is 16.3. The molecule has 2 heterocycles. The van der Waals surface area contributed by atoms with Crippen LogP contribution in [0.25, 0.3) is 0 Å². The van der Waals surface area contributed by atoms with E-state index in [1.807, 2.05) is 29.3 Å². The third kappa shape index (κ3) is 4.15. The first-order valence-electron chi connectivity index (χ1n) is 8.53. The number of hydrogen-bond acceptors (Lipinski definition) is 6. The van der Waals surface area contributed by atoms with Gasteiger partial charge in [0.25, 0.3) is 0 Å². The predicted octanol–water partition coefficient (Wildman–Crippen LogP) is 2.34. The summed E-state index contributed by atoms with van der Waals surface area (Å²) in [5.41, 5.74) is 0. The maximum Gasteiger partial charge on any atom is 0.246 e. The Bertz CT molecular complexity index is 842. The number of Topliss-reactive ketones (excluding diaryl/α,β-unsaturated/α-hetero) is 1. The number of rotatable bonds is 7. The number of carbonyl (C=O) groups is 1. The molecular weight excluding hydrogens is 372 g/mol. The molecule has 0 radical (unpaired) electrons. The zero-order chi connectivity index (χ0) is 18.6. The Balaban J connectivity index is 1.65. The summed E-state index contributed by atoms with van der Waals surface area (Å²) in [7, 11) is -3.61. The quantitative estimate of drug-likeness (QED) is 0.675. The first-order chi connectivity index (χ1) is 12.5. The lowest BCUT2D eigenvalue weighted by atomic mass is 10.2. The SMILES string of the molecule is CCOc1ccccc1S(=O)(=O)N1CCN(CC(=O)c2cccs2)CC1. The number of ketones is 1. The Kier molecular flexibility index (Phi) is 6.08. The summed E-state index contributed by atoms with van der Waals surface area (Å²) in [4.78, 5) is 15.2. The molecule has 26 heavy (non-hydrogen) atoms. The largest absolute Gasteiger partial charge is 0.492 e. The van der Waals surface area contributed by atoms with E-state index in [0.717, 1.165) is 4.88 Å². The van der Waals surface area contributed by atoms with E-state index in [1.54, 1.807) is 24.3 Å². The molecule has 1 aliphatic heterocycles. The van der Waals surface area contributed by atoms with Gasteiger partial charge in [-0.3, -0.25) is 9.69 Å².